The molecule has 0 saturated carbocycles. The van der Waals surface area contributed by atoms with E-state index in [4.69, 9.17) is 16.4 Å². The van der Waals surface area contributed by atoms with Gasteiger partial charge in [0.05, 0.1) is 0 Å². The molecule has 0 fully saturated rings. The molecule has 0 bridgehead atoms. The Morgan fingerprint density at radius 2 is 1.71 bits per heavy atom. The molecule has 1 amide bonds. The number of hydrazine groups is 1. The van der Waals surface area contributed by atoms with Crippen molar-refractivity contribution in [2.75, 3.05) is 7.05 Å². The molecule has 4 rings (SSSR count). The van der Waals surface area contributed by atoms with Crippen LogP contribution in [0.25, 0.3) is 22.3 Å². The quantitative estimate of drug-likeness (QED) is 0.0828. The molecular weight excluding hydrogens is 474 g/mol. The number of aryl methyl sites for hydroxylation is 2. The molecule has 1 heterocycles. The fourth-order valence-electron chi connectivity index (χ4n) is 4.18. The molecule has 38 heavy (non-hydrogen) atoms. The highest BCUT2D eigenvalue weighted by Crippen LogP contribution is 2.30. The van der Waals surface area contributed by atoms with E-state index in [9.17, 15) is 0 Å². The van der Waals surface area contributed by atoms with Gasteiger partial charge in [-0.05, 0) is 53.3 Å². The Morgan fingerprint density at radius 1 is 1.03 bits per heavy atom. The number of unbranched alkanes of at least 4 members (excludes halogenated alkanes) is 1. The lowest BCUT2D eigenvalue weighted by Crippen LogP contribution is -2.23. The number of rotatable bonds is 10. The first-order valence-corrected chi connectivity index (χ1v) is 12.7. The van der Waals surface area contributed by atoms with Crippen molar-refractivity contribution in [1.82, 2.24) is 20.4 Å². The van der Waals surface area contributed by atoms with Crippen LogP contribution in [0.1, 0.15) is 42.4 Å². The molecule has 0 aliphatic carbocycles. The number of carbonyl (C=O) groups excluding carboxylic acids is 1. The number of hydrogen-bond donors (Lipinski definition) is 4. The number of imidazole rings is 1. The lowest BCUT2D eigenvalue weighted by atomic mass is 9.93. The van der Waals surface area contributed by atoms with Crippen molar-refractivity contribution in [3.05, 3.63) is 102 Å². The predicted molar refractivity (Wildman–Crippen MR) is 155 cm³/mol. The maximum Gasteiger partial charge on any atom is 0.206 e. The largest absolute Gasteiger partial charge is 0.382 e. The van der Waals surface area contributed by atoms with Gasteiger partial charge in [0.25, 0.3) is 0 Å². The van der Waals surface area contributed by atoms with Crippen molar-refractivity contribution in [3.63, 3.8) is 0 Å². The minimum absolute atomic E-state index is 0.343. The lowest BCUT2D eigenvalue weighted by Gasteiger charge is -2.14. The van der Waals surface area contributed by atoms with E-state index in [1.165, 1.54) is 11.3 Å². The summed E-state index contributed by atoms with van der Waals surface area (Å²) in [7, 11) is 1.56. The number of aromatic nitrogens is 2. The Bertz CT molecular complexity index is 1330. The van der Waals surface area contributed by atoms with Crippen molar-refractivity contribution in [2.45, 2.75) is 39.7 Å². The average molecular weight is 512 g/mol. The molecule has 0 radical (unpaired) electrons. The molecule has 0 unspecified atom stereocenters. The van der Waals surface area contributed by atoms with E-state index in [2.05, 4.69) is 87.9 Å². The van der Waals surface area contributed by atoms with Crippen LogP contribution in [0.4, 0.5) is 0 Å². The van der Waals surface area contributed by atoms with Gasteiger partial charge in [0, 0.05) is 37.5 Å². The minimum atomic E-state index is 0.343. The first-order chi connectivity index (χ1) is 18.5. The maximum atomic E-state index is 9.06. The molecule has 0 aliphatic rings. The number of hydrazone groups is 1. The van der Waals surface area contributed by atoms with Gasteiger partial charge >= 0.3 is 0 Å². The average Bonchev–Trinajstić information content (AvgIpc) is 3.31. The smallest absolute Gasteiger partial charge is 0.206 e. The molecule has 0 saturated heterocycles. The molecule has 0 aliphatic heterocycles. The lowest BCUT2D eigenvalue weighted by molar-refractivity contribution is -0.109. The van der Waals surface area contributed by atoms with Gasteiger partial charge in [-0.1, -0.05) is 74.0 Å². The first-order valence-electron chi connectivity index (χ1n) is 12.7. The minimum Gasteiger partial charge on any atom is -0.382 e. The van der Waals surface area contributed by atoms with E-state index >= 15 is 0 Å². The predicted octanol–water partition coefficient (Wildman–Crippen LogP) is 4.36. The Balaban J connectivity index is 0.000000934. The number of benzene rings is 3. The number of nitrogens with one attached hydrogen (secondary N) is 2. The second-order valence-electron chi connectivity index (χ2n) is 8.86. The number of hydrogen-bond acceptors (Lipinski definition) is 5. The molecule has 8 heteroatoms. The highest BCUT2D eigenvalue weighted by molar-refractivity contribution is 6.04. The highest BCUT2D eigenvalue weighted by atomic mass is 16.1. The second kappa shape index (κ2) is 14.3. The standard InChI is InChI=1S/C28H32N6.C2H5NO/c1-3-4-10-27-31-18-20(2)34(27)19-21-11-13-23(14-12-21)26-17-24(22-8-6-5-7-9-22)15-16-25(26)28(29)32-33-30;1-3-2-4/h5-9,11-18,33H,3-4,10,19,30H2,1-2H3,(H2,29,32);2H,1H3,(H,3,4). The molecule has 1 aromatic heterocycles. The van der Waals surface area contributed by atoms with Gasteiger partial charge in [-0.3, -0.25) is 4.79 Å². The van der Waals surface area contributed by atoms with E-state index in [-0.39, 0.29) is 0 Å². The zero-order valence-electron chi connectivity index (χ0n) is 22.3. The van der Waals surface area contributed by atoms with Gasteiger partial charge in [-0.25, -0.2) is 16.4 Å². The third-order valence-electron chi connectivity index (χ3n) is 6.20. The van der Waals surface area contributed by atoms with Gasteiger partial charge in [0.15, 0.2) is 5.84 Å². The summed E-state index contributed by atoms with van der Waals surface area (Å²) in [5.41, 5.74) is 16.1. The number of amides is 1. The third-order valence-corrected chi connectivity index (χ3v) is 6.20. The zero-order valence-corrected chi connectivity index (χ0v) is 22.3. The summed E-state index contributed by atoms with van der Waals surface area (Å²) in [5, 5.41) is 6.26. The van der Waals surface area contributed by atoms with Crippen LogP contribution in [-0.4, -0.2) is 28.8 Å². The summed E-state index contributed by atoms with van der Waals surface area (Å²) in [5.74, 6) is 6.89. The van der Waals surface area contributed by atoms with E-state index in [0.717, 1.165) is 59.4 Å². The summed E-state index contributed by atoms with van der Waals surface area (Å²) < 4.78 is 2.31. The van der Waals surface area contributed by atoms with E-state index in [1.807, 2.05) is 30.5 Å². The fourth-order valence-corrected chi connectivity index (χ4v) is 4.18. The van der Waals surface area contributed by atoms with Crippen LogP contribution in [0.3, 0.4) is 0 Å². The summed E-state index contributed by atoms with van der Waals surface area (Å²) >= 11 is 0. The van der Waals surface area contributed by atoms with Crippen LogP contribution in [0, 0.1) is 6.92 Å². The normalized spacial score (nSPS) is 10.9. The van der Waals surface area contributed by atoms with Gasteiger partial charge in [-0.2, -0.15) is 0 Å². The Kier molecular flexibility index (Phi) is 10.6. The third kappa shape index (κ3) is 7.30. The van der Waals surface area contributed by atoms with E-state index in [0.29, 0.717) is 12.2 Å². The Morgan fingerprint density at radius 3 is 2.34 bits per heavy atom. The molecule has 3 aromatic carbocycles. The summed E-state index contributed by atoms with van der Waals surface area (Å²) in [4.78, 5) is 13.7. The van der Waals surface area contributed by atoms with E-state index < -0.39 is 0 Å². The maximum absolute atomic E-state index is 9.06. The van der Waals surface area contributed by atoms with Crippen LogP contribution in [-0.2, 0) is 17.8 Å². The van der Waals surface area contributed by atoms with Crippen LogP contribution in [0.2, 0.25) is 0 Å². The monoisotopic (exact) mass is 511 g/mol. The topological polar surface area (TPSA) is 123 Å². The summed E-state index contributed by atoms with van der Waals surface area (Å²) in [6.07, 6.45) is 5.91. The SMILES string of the molecule is CCCCc1ncc(C)n1Cc1ccc(-c2cc(-c3ccccc3)ccc2/C(N)=N/NN)cc1.CNC=O. The Hall–Kier alpha value is -4.43. The first kappa shape index (κ1) is 28.1. The van der Waals surface area contributed by atoms with Crippen LogP contribution < -0.4 is 22.4 Å². The molecule has 6 N–H and O–H groups in total. The van der Waals surface area contributed by atoms with Gasteiger partial charge in [-0.15, -0.1) is 5.10 Å². The number of nitrogens with zero attached hydrogens (tertiary/aromatic N) is 3. The summed E-state index contributed by atoms with van der Waals surface area (Å²) in [6.45, 7) is 5.13. The molecule has 8 nitrogen and oxygen atoms in total. The van der Waals surface area contributed by atoms with Gasteiger partial charge in [0.2, 0.25) is 6.41 Å². The fraction of sp³-hybridized carbons (Fsp3) is 0.233. The molecule has 0 spiro atoms. The number of amidine groups is 1. The Labute approximate surface area is 224 Å². The molecule has 198 valence electrons. The van der Waals surface area contributed by atoms with Crippen LogP contribution in [0.15, 0.2) is 84.1 Å². The molecule has 0 atom stereocenters. The van der Waals surface area contributed by atoms with Crippen molar-refractivity contribution >= 4 is 12.2 Å². The van der Waals surface area contributed by atoms with Crippen molar-refractivity contribution < 1.29 is 4.79 Å². The van der Waals surface area contributed by atoms with Gasteiger partial charge in [0.1, 0.15) is 5.82 Å². The molecular formula is C30H37N7O. The van der Waals surface area contributed by atoms with E-state index in [1.54, 1.807) is 7.05 Å². The molecule has 4 aromatic rings. The van der Waals surface area contributed by atoms with Gasteiger partial charge < -0.3 is 15.6 Å². The number of nitrogens with two attached hydrogens (primary N) is 2. The van der Waals surface area contributed by atoms with Crippen LogP contribution in [0.5, 0.6) is 0 Å². The van der Waals surface area contributed by atoms with Crippen molar-refractivity contribution in [1.29, 1.82) is 0 Å². The summed E-state index contributed by atoms with van der Waals surface area (Å²) in [6, 6.07) is 25.1. The highest BCUT2D eigenvalue weighted by Gasteiger charge is 2.12. The van der Waals surface area contributed by atoms with Crippen molar-refractivity contribution in [3.8, 4) is 22.3 Å². The van der Waals surface area contributed by atoms with Crippen LogP contribution >= 0.6 is 0 Å². The van der Waals surface area contributed by atoms with Crippen molar-refractivity contribution in [2.24, 2.45) is 16.7 Å². The zero-order chi connectivity index (χ0) is 27.3. The second-order valence-corrected chi connectivity index (χ2v) is 8.86. The number of carbonyl (C=O) groups is 1.